The Kier molecular flexibility index (Phi) is 4.49. The Balaban J connectivity index is 1.93. The van der Waals surface area contributed by atoms with Crippen LogP contribution in [0.4, 0.5) is 0 Å². The average Bonchev–Trinajstić information content (AvgIpc) is 2.89. The number of hydrogen-bond acceptors (Lipinski definition) is 5. The molecule has 0 saturated carbocycles. The predicted octanol–water partition coefficient (Wildman–Crippen LogP) is 1.59. The molecular weight excluding hydrogens is 268 g/mol. The summed E-state index contributed by atoms with van der Waals surface area (Å²) in [5, 5.41) is 13.7. The summed E-state index contributed by atoms with van der Waals surface area (Å²) >= 11 is 1.23. The number of rotatable bonds is 4. The highest BCUT2D eigenvalue weighted by molar-refractivity contribution is 7.09. The zero-order valence-corrected chi connectivity index (χ0v) is 11.4. The van der Waals surface area contributed by atoms with E-state index in [0.29, 0.717) is 11.6 Å². The molecule has 6 nitrogen and oxygen atoms in total. The molecule has 2 N–H and O–H groups in total. The van der Waals surface area contributed by atoms with Crippen molar-refractivity contribution in [3.8, 4) is 0 Å². The first-order chi connectivity index (χ1) is 9.08. The van der Waals surface area contributed by atoms with E-state index in [4.69, 9.17) is 9.84 Å². The van der Waals surface area contributed by atoms with E-state index in [9.17, 15) is 9.59 Å². The van der Waals surface area contributed by atoms with Crippen LogP contribution in [0.3, 0.4) is 0 Å². The summed E-state index contributed by atoms with van der Waals surface area (Å²) in [6.45, 7) is 2.40. The number of carboxylic acids is 1. The highest BCUT2D eigenvalue weighted by Gasteiger charge is 2.24. The van der Waals surface area contributed by atoms with Crippen molar-refractivity contribution in [3.63, 3.8) is 0 Å². The summed E-state index contributed by atoms with van der Waals surface area (Å²) < 4.78 is 5.40. The van der Waals surface area contributed by atoms with Gasteiger partial charge in [-0.2, -0.15) is 0 Å². The monoisotopic (exact) mass is 284 g/mol. The number of carbonyl (C=O) groups excluding carboxylic acids is 1. The maximum absolute atomic E-state index is 11.9. The molecule has 1 fully saturated rings. The smallest absolute Gasteiger partial charge is 0.355 e. The quantitative estimate of drug-likeness (QED) is 0.876. The van der Waals surface area contributed by atoms with Crippen molar-refractivity contribution in [1.82, 2.24) is 10.3 Å². The molecule has 1 amide bonds. The van der Waals surface area contributed by atoms with Crippen LogP contribution in [0.25, 0.3) is 0 Å². The van der Waals surface area contributed by atoms with Crippen LogP contribution >= 0.6 is 11.3 Å². The normalized spacial score (nSPS) is 20.8. The zero-order valence-electron chi connectivity index (χ0n) is 10.6. The number of carboxylic acid groups (broad SMARTS) is 1. The Labute approximate surface area is 114 Å². The molecule has 2 heterocycles. The highest BCUT2D eigenvalue weighted by atomic mass is 32.1. The van der Waals surface area contributed by atoms with Gasteiger partial charge in [-0.1, -0.05) is 0 Å². The number of amides is 1. The summed E-state index contributed by atoms with van der Waals surface area (Å²) in [7, 11) is 0. The lowest BCUT2D eigenvalue weighted by atomic mass is 10.1. The van der Waals surface area contributed by atoms with Gasteiger partial charge >= 0.3 is 5.97 Å². The van der Waals surface area contributed by atoms with Crippen molar-refractivity contribution in [2.75, 3.05) is 6.61 Å². The second kappa shape index (κ2) is 6.12. The molecule has 0 aromatic carbocycles. The zero-order chi connectivity index (χ0) is 13.8. The molecule has 2 atom stereocenters. The van der Waals surface area contributed by atoms with E-state index >= 15 is 0 Å². The van der Waals surface area contributed by atoms with Crippen molar-refractivity contribution in [1.29, 1.82) is 0 Å². The van der Waals surface area contributed by atoms with Crippen molar-refractivity contribution in [2.24, 2.45) is 0 Å². The lowest BCUT2D eigenvalue weighted by Gasteiger charge is -2.23. The van der Waals surface area contributed by atoms with Gasteiger partial charge in [0.15, 0.2) is 5.69 Å². The fourth-order valence-electron chi connectivity index (χ4n) is 1.90. The molecule has 0 spiro atoms. The van der Waals surface area contributed by atoms with Crippen LogP contribution in [0.1, 0.15) is 47.7 Å². The Morgan fingerprint density at radius 3 is 2.95 bits per heavy atom. The highest BCUT2D eigenvalue weighted by Crippen LogP contribution is 2.19. The van der Waals surface area contributed by atoms with Crippen LogP contribution in [0.5, 0.6) is 0 Å². The minimum Gasteiger partial charge on any atom is -0.476 e. The van der Waals surface area contributed by atoms with Gasteiger partial charge in [0.25, 0.3) is 0 Å². The first-order valence-corrected chi connectivity index (χ1v) is 7.06. The number of thiazole rings is 1. The van der Waals surface area contributed by atoms with Crippen molar-refractivity contribution in [2.45, 2.75) is 38.3 Å². The molecule has 1 aliphatic rings. The molecule has 0 bridgehead atoms. The minimum atomic E-state index is -1.06. The summed E-state index contributed by atoms with van der Waals surface area (Å²) in [5.41, 5.74) is 0.00927. The van der Waals surface area contributed by atoms with Crippen molar-refractivity contribution >= 4 is 23.2 Å². The van der Waals surface area contributed by atoms with Crippen LogP contribution in [0, 0.1) is 0 Å². The van der Waals surface area contributed by atoms with Gasteiger partial charge < -0.3 is 15.2 Å². The van der Waals surface area contributed by atoms with Crippen molar-refractivity contribution in [3.05, 3.63) is 16.1 Å². The van der Waals surface area contributed by atoms with Crippen LogP contribution in [-0.2, 0) is 9.53 Å². The molecular formula is C12H16N2O4S. The lowest BCUT2D eigenvalue weighted by Crippen LogP contribution is -2.39. The Morgan fingerprint density at radius 2 is 2.37 bits per heavy atom. The number of carbonyl (C=O) groups is 2. The van der Waals surface area contributed by atoms with Crippen LogP contribution in [0.2, 0.25) is 0 Å². The van der Waals surface area contributed by atoms with Crippen molar-refractivity contribution < 1.29 is 19.4 Å². The Morgan fingerprint density at radius 1 is 1.58 bits per heavy atom. The second-order valence-electron chi connectivity index (χ2n) is 4.46. The van der Waals surface area contributed by atoms with Crippen LogP contribution in [0.15, 0.2) is 5.38 Å². The van der Waals surface area contributed by atoms with E-state index in [0.717, 1.165) is 19.3 Å². The molecule has 7 heteroatoms. The molecule has 2 unspecified atom stereocenters. The summed E-state index contributed by atoms with van der Waals surface area (Å²) in [6.07, 6.45) is 2.33. The third kappa shape index (κ3) is 3.51. The van der Waals surface area contributed by atoms with E-state index in [1.165, 1.54) is 16.7 Å². The molecule has 0 radical (unpaired) electrons. The molecule has 1 aliphatic heterocycles. The lowest BCUT2D eigenvalue weighted by molar-refractivity contribution is -0.136. The van der Waals surface area contributed by atoms with E-state index in [1.807, 2.05) is 0 Å². The Hall–Kier alpha value is -1.47. The topological polar surface area (TPSA) is 88.5 Å². The molecule has 1 aromatic heterocycles. The van der Waals surface area contributed by atoms with Gasteiger partial charge in [0, 0.05) is 12.0 Å². The Bertz CT molecular complexity index is 468. The van der Waals surface area contributed by atoms with Gasteiger partial charge in [0.05, 0.1) is 6.04 Å². The second-order valence-corrected chi connectivity index (χ2v) is 5.35. The minimum absolute atomic E-state index is 0.00927. The van der Waals surface area contributed by atoms with Gasteiger partial charge in [-0.05, 0) is 26.2 Å². The number of nitrogens with zero attached hydrogens (tertiary/aromatic N) is 1. The first kappa shape index (κ1) is 14.0. The maximum Gasteiger partial charge on any atom is 0.355 e. The number of nitrogens with one attached hydrogen (secondary N) is 1. The first-order valence-electron chi connectivity index (χ1n) is 6.18. The molecule has 19 heavy (non-hydrogen) atoms. The number of aromatic carboxylic acids is 1. The largest absolute Gasteiger partial charge is 0.476 e. The van der Waals surface area contributed by atoms with E-state index < -0.39 is 12.1 Å². The summed E-state index contributed by atoms with van der Waals surface area (Å²) in [5.74, 6) is -1.21. The molecule has 1 saturated heterocycles. The van der Waals surface area contributed by atoms with Gasteiger partial charge in [0.2, 0.25) is 5.91 Å². The van der Waals surface area contributed by atoms with Gasteiger partial charge in [0.1, 0.15) is 11.1 Å². The van der Waals surface area contributed by atoms with Crippen LogP contribution in [-0.4, -0.2) is 34.7 Å². The number of hydrogen-bond donors (Lipinski definition) is 2. The maximum atomic E-state index is 11.9. The summed E-state index contributed by atoms with van der Waals surface area (Å²) in [6, 6.07) is -0.309. The van der Waals surface area contributed by atoms with E-state index in [-0.39, 0.29) is 17.6 Å². The third-order valence-electron chi connectivity index (χ3n) is 2.94. The van der Waals surface area contributed by atoms with Crippen LogP contribution < -0.4 is 5.32 Å². The molecule has 1 aromatic rings. The number of aromatic nitrogens is 1. The summed E-state index contributed by atoms with van der Waals surface area (Å²) in [4.78, 5) is 26.7. The SMILES string of the molecule is CC(NC(=O)C1CCCCO1)c1nc(C(=O)O)cs1. The van der Waals surface area contributed by atoms with Gasteiger partial charge in [-0.25, -0.2) is 9.78 Å². The molecule has 0 aliphatic carbocycles. The predicted molar refractivity (Wildman–Crippen MR) is 69.2 cm³/mol. The van der Waals surface area contributed by atoms with E-state index in [1.54, 1.807) is 6.92 Å². The fourth-order valence-corrected chi connectivity index (χ4v) is 2.70. The fraction of sp³-hybridized carbons (Fsp3) is 0.583. The average molecular weight is 284 g/mol. The number of ether oxygens (including phenoxy) is 1. The molecule has 104 valence electrons. The van der Waals surface area contributed by atoms with Gasteiger partial charge in [-0.3, -0.25) is 4.79 Å². The standard InChI is InChI=1S/C12H16N2O4S/c1-7(11-14-8(6-19-11)12(16)17)13-10(15)9-4-2-3-5-18-9/h6-7,9H,2-5H2,1H3,(H,13,15)(H,16,17). The third-order valence-corrected chi connectivity index (χ3v) is 3.97. The van der Waals surface area contributed by atoms with Gasteiger partial charge in [-0.15, -0.1) is 11.3 Å². The van der Waals surface area contributed by atoms with E-state index in [2.05, 4.69) is 10.3 Å². The molecule has 2 rings (SSSR count).